The molecule has 6 nitrogen and oxygen atoms in total. The van der Waals surface area contributed by atoms with Crippen molar-refractivity contribution in [3.05, 3.63) is 41.0 Å². The van der Waals surface area contributed by atoms with E-state index in [4.69, 9.17) is 0 Å². The van der Waals surface area contributed by atoms with Crippen LogP contribution in [-0.2, 0) is 4.74 Å². The Hall–Kier alpha value is -2.48. The summed E-state index contributed by atoms with van der Waals surface area (Å²) in [5.41, 5.74) is 0.344. The number of benzene rings is 1. The van der Waals surface area contributed by atoms with E-state index in [0.29, 0.717) is 16.5 Å². The highest BCUT2D eigenvalue weighted by atomic mass is 32.1. The summed E-state index contributed by atoms with van der Waals surface area (Å²) in [6, 6.07) is 5.23. The summed E-state index contributed by atoms with van der Waals surface area (Å²) in [7, 11) is 2.79. The Morgan fingerprint density at radius 2 is 2.00 bits per heavy atom. The average Bonchev–Trinajstić information content (AvgIpc) is 2.94. The molecule has 21 heavy (non-hydrogen) atoms. The fourth-order valence-electron chi connectivity index (χ4n) is 1.50. The Balaban J connectivity index is 2.12. The SMILES string of the molecule is COC(=O)Nc1csc(N(C)C(=O)c2ccc(F)cc2)n1. The molecule has 0 saturated carbocycles. The molecular formula is C13H12FN3O3S. The fourth-order valence-corrected chi connectivity index (χ4v) is 2.23. The highest BCUT2D eigenvalue weighted by molar-refractivity contribution is 7.14. The Bertz CT molecular complexity index is 657. The van der Waals surface area contributed by atoms with Crippen LogP contribution < -0.4 is 10.2 Å². The third kappa shape index (κ3) is 3.54. The van der Waals surface area contributed by atoms with Crippen LogP contribution in [0.25, 0.3) is 0 Å². The maximum absolute atomic E-state index is 12.8. The maximum Gasteiger partial charge on any atom is 0.412 e. The van der Waals surface area contributed by atoms with Gasteiger partial charge in [0.05, 0.1) is 7.11 Å². The van der Waals surface area contributed by atoms with Crippen LogP contribution in [0.15, 0.2) is 29.6 Å². The molecule has 1 aromatic carbocycles. The second-order valence-corrected chi connectivity index (χ2v) is 4.84. The molecule has 0 bridgehead atoms. The first-order chi connectivity index (χ1) is 10.0. The Kier molecular flexibility index (Phi) is 4.49. The number of nitrogens with one attached hydrogen (secondary N) is 1. The van der Waals surface area contributed by atoms with Crippen LogP contribution in [0.2, 0.25) is 0 Å². The van der Waals surface area contributed by atoms with Crippen LogP contribution in [-0.4, -0.2) is 31.1 Å². The first kappa shape index (κ1) is 14.9. The molecule has 1 aromatic heterocycles. The lowest BCUT2D eigenvalue weighted by atomic mass is 10.2. The number of carbonyl (C=O) groups excluding carboxylic acids is 2. The number of carbonyl (C=O) groups is 2. The number of rotatable bonds is 3. The predicted octanol–water partition coefficient (Wildman–Crippen LogP) is 2.74. The van der Waals surface area contributed by atoms with Crippen molar-refractivity contribution in [2.24, 2.45) is 0 Å². The van der Waals surface area contributed by atoms with Crippen molar-refractivity contribution in [1.82, 2.24) is 4.98 Å². The van der Waals surface area contributed by atoms with Crippen LogP contribution in [0.1, 0.15) is 10.4 Å². The number of thiazole rings is 1. The van der Waals surface area contributed by atoms with E-state index in [0.717, 1.165) is 0 Å². The smallest absolute Gasteiger partial charge is 0.412 e. The largest absolute Gasteiger partial charge is 0.453 e. The maximum atomic E-state index is 12.8. The normalized spacial score (nSPS) is 10.0. The third-order valence-corrected chi connectivity index (χ3v) is 3.51. The number of aromatic nitrogens is 1. The number of anilines is 2. The highest BCUT2D eigenvalue weighted by Crippen LogP contribution is 2.24. The van der Waals surface area contributed by atoms with E-state index in [1.54, 1.807) is 12.4 Å². The molecule has 0 aliphatic rings. The van der Waals surface area contributed by atoms with Crippen molar-refractivity contribution in [2.45, 2.75) is 0 Å². The zero-order chi connectivity index (χ0) is 15.4. The quantitative estimate of drug-likeness (QED) is 0.946. The van der Waals surface area contributed by atoms with E-state index in [-0.39, 0.29) is 5.91 Å². The first-order valence-electron chi connectivity index (χ1n) is 5.85. The van der Waals surface area contributed by atoms with Crippen LogP contribution >= 0.6 is 11.3 Å². The minimum Gasteiger partial charge on any atom is -0.453 e. The molecular weight excluding hydrogens is 297 g/mol. The lowest BCUT2D eigenvalue weighted by Gasteiger charge is -2.13. The van der Waals surface area contributed by atoms with Crippen molar-refractivity contribution < 1.29 is 18.7 Å². The summed E-state index contributed by atoms with van der Waals surface area (Å²) in [6.45, 7) is 0. The van der Waals surface area contributed by atoms with Gasteiger partial charge >= 0.3 is 6.09 Å². The van der Waals surface area contributed by atoms with Gasteiger partial charge in [0.15, 0.2) is 5.13 Å². The molecule has 0 unspecified atom stereocenters. The molecule has 0 spiro atoms. The van der Waals surface area contributed by atoms with Gasteiger partial charge in [-0.1, -0.05) is 0 Å². The second kappa shape index (κ2) is 6.31. The zero-order valence-corrected chi connectivity index (χ0v) is 12.1. The lowest BCUT2D eigenvalue weighted by Crippen LogP contribution is -2.26. The number of hydrogen-bond acceptors (Lipinski definition) is 5. The molecule has 8 heteroatoms. The summed E-state index contributed by atoms with van der Waals surface area (Å²) in [6.07, 6.45) is -0.639. The Labute approximate surface area is 124 Å². The van der Waals surface area contributed by atoms with E-state index in [9.17, 15) is 14.0 Å². The number of halogens is 1. The molecule has 0 fully saturated rings. The van der Waals surface area contributed by atoms with E-state index in [1.165, 1.54) is 47.6 Å². The Morgan fingerprint density at radius 1 is 1.33 bits per heavy atom. The minimum absolute atomic E-state index is 0.292. The molecule has 0 atom stereocenters. The van der Waals surface area contributed by atoms with Crippen LogP contribution in [0.4, 0.5) is 20.1 Å². The standard InChI is InChI=1S/C13H12FN3O3S/c1-17(11(18)8-3-5-9(14)6-4-8)12-15-10(7-21-12)16-13(19)20-2/h3-7H,1-2H3,(H,16,19). The molecule has 1 N–H and O–H groups in total. The van der Waals surface area contributed by atoms with Crippen molar-refractivity contribution >= 4 is 34.3 Å². The predicted molar refractivity (Wildman–Crippen MR) is 77.3 cm³/mol. The van der Waals surface area contributed by atoms with Crippen molar-refractivity contribution in [3.63, 3.8) is 0 Å². The van der Waals surface area contributed by atoms with Gasteiger partial charge in [-0.15, -0.1) is 11.3 Å². The van der Waals surface area contributed by atoms with E-state index in [1.807, 2.05) is 0 Å². The minimum atomic E-state index is -0.639. The summed E-state index contributed by atoms with van der Waals surface area (Å²) in [4.78, 5) is 28.7. The average molecular weight is 309 g/mol. The fraction of sp³-hybridized carbons (Fsp3) is 0.154. The summed E-state index contributed by atoms with van der Waals surface area (Å²) in [5, 5.41) is 4.39. The van der Waals surface area contributed by atoms with Gasteiger partial charge in [0.25, 0.3) is 5.91 Å². The third-order valence-electron chi connectivity index (χ3n) is 2.59. The van der Waals surface area contributed by atoms with E-state index in [2.05, 4.69) is 15.0 Å². The van der Waals surface area contributed by atoms with Gasteiger partial charge in [-0.2, -0.15) is 0 Å². The number of hydrogen-bond donors (Lipinski definition) is 1. The Morgan fingerprint density at radius 3 is 2.62 bits per heavy atom. The molecule has 2 aromatic rings. The van der Waals surface area contributed by atoms with Crippen LogP contribution in [0, 0.1) is 5.82 Å². The van der Waals surface area contributed by atoms with Gasteiger partial charge < -0.3 is 4.74 Å². The van der Waals surface area contributed by atoms with Crippen molar-refractivity contribution in [1.29, 1.82) is 0 Å². The molecule has 0 saturated heterocycles. The second-order valence-electron chi connectivity index (χ2n) is 4.00. The summed E-state index contributed by atoms with van der Waals surface area (Å²) < 4.78 is 17.3. The molecule has 2 rings (SSSR count). The number of nitrogens with zero attached hydrogens (tertiary/aromatic N) is 2. The van der Waals surface area contributed by atoms with Gasteiger partial charge in [-0.3, -0.25) is 15.0 Å². The lowest BCUT2D eigenvalue weighted by molar-refractivity contribution is 0.0993. The van der Waals surface area contributed by atoms with E-state index >= 15 is 0 Å². The van der Waals surface area contributed by atoms with Gasteiger partial charge in [-0.25, -0.2) is 14.2 Å². The van der Waals surface area contributed by atoms with Gasteiger partial charge in [0, 0.05) is 18.0 Å². The number of methoxy groups -OCH3 is 1. The highest BCUT2D eigenvalue weighted by Gasteiger charge is 2.17. The zero-order valence-electron chi connectivity index (χ0n) is 11.3. The molecule has 0 radical (unpaired) electrons. The van der Waals surface area contributed by atoms with Crippen LogP contribution in [0.5, 0.6) is 0 Å². The topological polar surface area (TPSA) is 71.5 Å². The molecule has 110 valence electrons. The molecule has 0 aliphatic heterocycles. The monoisotopic (exact) mass is 309 g/mol. The molecule has 2 amide bonds. The van der Waals surface area contributed by atoms with Gasteiger partial charge in [-0.05, 0) is 24.3 Å². The summed E-state index contributed by atoms with van der Waals surface area (Å²) in [5.74, 6) is -0.442. The van der Waals surface area contributed by atoms with Crippen LogP contribution in [0.3, 0.4) is 0 Å². The number of ether oxygens (including phenoxy) is 1. The van der Waals surface area contributed by atoms with Crippen molar-refractivity contribution in [2.75, 3.05) is 24.4 Å². The summed E-state index contributed by atoms with van der Waals surface area (Å²) >= 11 is 1.19. The number of amides is 2. The van der Waals surface area contributed by atoms with Crippen molar-refractivity contribution in [3.8, 4) is 0 Å². The molecule has 0 aliphatic carbocycles. The van der Waals surface area contributed by atoms with Gasteiger partial charge in [0.1, 0.15) is 11.6 Å². The molecule has 1 heterocycles. The van der Waals surface area contributed by atoms with Gasteiger partial charge in [0.2, 0.25) is 0 Å². The van der Waals surface area contributed by atoms with E-state index < -0.39 is 11.9 Å². The first-order valence-corrected chi connectivity index (χ1v) is 6.73.